The Labute approximate surface area is 189 Å². The number of carbonyl (C=O) groups excluding carboxylic acids is 2. The van der Waals surface area contributed by atoms with Gasteiger partial charge in [-0.05, 0) is 66.5 Å². The lowest BCUT2D eigenvalue weighted by molar-refractivity contribution is 0.0724. The molecular formula is C27H31N3O2. The summed E-state index contributed by atoms with van der Waals surface area (Å²) in [5.74, 6) is 0.0263. The predicted molar refractivity (Wildman–Crippen MR) is 127 cm³/mol. The lowest BCUT2D eigenvalue weighted by Crippen LogP contribution is -2.32. The number of fused-ring (bicyclic) bond motifs is 1. The van der Waals surface area contributed by atoms with Gasteiger partial charge in [0.05, 0.1) is 0 Å². The molecule has 2 N–H and O–H groups in total. The molecule has 3 aromatic rings. The van der Waals surface area contributed by atoms with Crippen LogP contribution >= 0.6 is 0 Å². The average molecular weight is 430 g/mol. The molecule has 2 amide bonds. The number of rotatable bonds is 6. The van der Waals surface area contributed by atoms with Gasteiger partial charge in [0.15, 0.2) is 0 Å². The molecule has 2 aliphatic rings. The zero-order chi connectivity index (χ0) is 22.5. The molecule has 2 aliphatic carbocycles. The number of aromatic amines is 1. The molecule has 2 saturated carbocycles. The highest BCUT2D eigenvalue weighted by atomic mass is 16.2. The van der Waals surface area contributed by atoms with E-state index in [1.54, 1.807) is 0 Å². The molecular weight excluding hydrogens is 398 g/mol. The molecule has 5 nitrogen and oxygen atoms in total. The molecule has 1 heterocycles. The normalized spacial score (nSPS) is 16.2. The second kappa shape index (κ2) is 7.80. The van der Waals surface area contributed by atoms with Gasteiger partial charge in [-0.15, -0.1) is 0 Å². The van der Waals surface area contributed by atoms with Gasteiger partial charge >= 0.3 is 0 Å². The fraction of sp³-hybridized carbons (Fsp3) is 0.407. The summed E-state index contributed by atoms with van der Waals surface area (Å²) in [6, 6.07) is 16.6. The number of hydrogen-bond acceptors (Lipinski definition) is 2. The Morgan fingerprint density at radius 3 is 2.34 bits per heavy atom. The quantitative estimate of drug-likeness (QED) is 0.568. The summed E-state index contributed by atoms with van der Waals surface area (Å²) in [6.45, 7) is 7.13. The fourth-order valence-electron chi connectivity index (χ4n) is 4.07. The van der Waals surface area contributed by atoms with Gasteiger partial charge in [-0.25, -0.2) is 0 Å². The number of aromatic nitrogens is 1. The maximum atomic E-state index is 13.4. The van der Waals surface area contributed by atoms with E-state index in [0.29, 0.717) is 23.8 Å². The standard InChI is InChI=1S/C27H31N3O2/c1-27(2,3)20-9-8-19-14-24(29-23(19)15-20)26(32)30(22-12-13-22)16-17-4-6-18(7-5-17)25(31)28-21-10-11-21/h4-9,14-15,21-22,29H,10-13,16H2,1-3H3,(H,28,31). The second-order valence-electron chi connectivity index (χ2n) is 10.3. The van der Waals surface area contributed by atoms with Crippen LogP contribution in [-0.2, 0) is 12.0 Å². The van der Waals surface area contributed by atoms with E-state index in [4.69, 9.17) is 0 Å². The maximum Gasteiger partial charge on any atom is 0.270 e. The Morgan fingerprint density at radius 2 is 1.72 bits per heavy atom. The van der Waals surface area contributed by atoms with Gasteiger partial charge in [-0.3, -0.25) is 9.59 Å². The van der Waals surface area contributed by atoms with Crippen LogP contribution in [0.5, 0.6) is 0 Å². The molecule has 5 heteroatoms. The monoisotopic (exact) mass is 429 g/mol. The maximum absolute atomic E-state index is 13.4. The summed E-state index contributed by atoms with van der Waals surface area (Å²) < 4.78 is 0. The van der Waals surface area contributed by atoms with E-state index in [1.807, 2.05) is 35.2 Å². The topological polar surface area (TPSA) is 65.2 Å². The number of nitrogens with one attached hydrogen (secondary N) is 2. The molecule has 32 heavy (non-hydrogen) atoms. The van der Waals surface area contributed by atoms with Gasteiger partial charge in [0.2, 0.25) is 0 Å². The Kier molecular flexibility index (Phi) is 5.07. The van der Waals surface area contributed by atoms with Gasteiger partial charge in [-0.1, -0.05) is 45.0 Å². The summed E-state index contributed by atoms with van der Waals surface area (Å²) in [6.07, 6.45) is 4.24. The molecule has 0 spiro atoms. The van der Waals surface area contributed by atoms with Gasteiger partial charge in [0.25, 0.3) is 11.8 Å². The lowest BCUT2D eigenvalue weighted by Gasteiger charge is -2.22. The van der Waals surface area contributed by atoms with Crippen LogP contribution in [0.15, 0.2) is 48.5 Å². The van der Waals surface area contributed by atoms with Crippen molar-refractivity contribution in [3.05, 3.63) is 70.9 Å². The van der Waals surface area contributed by atoms with Crippen LogP contribution in [0.3, 0.4) is 0 Å². The van der Waals surface area contributed by atoms with Crippen molar-refractivity contribution in [2.45, 2.75) is 70.5 Å². The highest BCUT2D eigenvalue weighted by Gasteiger charge is 2.34. The van der Waals surface area contributed by atoms with E-state index >= 15 is 0 Å². The van der Waals surface area contributed by atoms with Crippen LogP contribution in [0.4, 0.5) is 0 Å². The first-order valence-corrected chi connectivity index (χ1v) is 11.6. The molecule has 0 atom stereocenters. The predicted octanol–water partition coefficient (Wildman–Crippen LogP) is 5.16. The van der Waals surface area contributed by atoms with Crippen molar-refractivity contribution >= 4 is 22.7 Å². The lowest BCUT2D eigenvalue weighted by atomic mass is 9.87. The summed E-state index contributed by atoms with van der Waals surface area (Å²) in [7, 11) is 0. The Balaban J connectivity index is 1.33. The zero-order valence-corrected chi connectivity index (χ0v) is 19.1. The van der Waals surface area contributed by atoms with Gasteiger partial charge in [0, 0.05) is 35.1 Å². The third kappa shape index (κ3) is 4.43. The number of carbonyl (C=O) groups is 2. The van der Waals surface area contributed by atoms with E-state index in [1.165, 1.54) is 5.56 Å². The first-order chi connectivity index (χ1) is 15.3. The number of amides is 2. The number of hydrogen-bond donors (Lipinski definition) is 2. The Bertz CT molecular complexity index is 1160. The highest BCUT2D eigenvalue weighted by Crippen LogP contribution is 2.31. The number of benzene rings is 2. The van der Waals surface area contributed by atoms with E-state index in [-0.39, 0.29) is 23.3 Å². The third-order valence-corrected chi connectivity index (χ3v) is 6.45. The Morgan fingerprint density at radius 1 is 1.00 bits per heavy atom. The molecule has 0 radical (unpaired) electrons. The molecule has 2 fully saturated rings. The number of nitrogens with zero attached hydrogens (tertiary/aromatic N) is 1. The zero-order valence-electron chi connectivity index (χ0n) is 19.1. The molecule has 0 saturated heterocycles. The van der Waals surface area contributed by atoms with E-state index in [2.05, 4.69) is 49.3 Å². The molecule has 1 aromatic heterocycles. The van der Waals surface area contributed by atoms with Crippen LogP contribution in [0.25, 0.3) is 10.9 Å². The third-order valence-electron chi connectivity index (χ3n) is 6.45. The number of H-pyrrole nitrogens is 1. The molecule has 0 aliphatic heterocycles. The van der Waals surface area contributed by atoms with Crippen molar-refractivity contribution in [2.24, 2.45) is 0 Å². The van der Waals surface area contributed by atoms with Crippen molar-refractivity contribution < 1.29 is 9.59 Å². The van der Waals surface area contributed by atoms with Crippen molar-refractivity contribution in [1.82, 2.24) is 15.2 Å². The van der Waals surface area contributed by atoms with Crippen molar-refractivity contribution in [3.8, 4) is 0 Å². The SMILES string of the molecule is CC(C)(C)c1ccc2cc(C(=O)N(Cc3ccc(C(=O)NC4CC4)cc3)C3CC3)[nH]c2c1. The first kappa shape index (κ1) is 20.8. The van der Waals surface area contributed by atoms with Crippen molar-refractivity contribution in [3.63, 3.8) is 0 Å². The minimum absolute atomic E-state index is 0.0122. The highest BCUT2D eigenvalue weighted by molar-refractivity contribution is 5.98. The molecule has 2 aromatic carbocycles. The molecule has 0 unspecified atom stereocenters. The van der Waals surface area contributed by atoms with Crippen molar-refractivity contribution in [1.29, 1.82) is 0 Å². The van der Waals surface area contributed by atoms with Crippen LogP contribution in [0.2, 0.25) is 0 Å². The van der Waals surface area contributed by atoms with E-state index < -0.39 is 0 Å². The molecule has 0 bridgehead atoms. The summed E-state index contributed by atoms with van der Waals surface area (Å²) in [5.41, 5.74) is 4.66. The summed E-state index contributed by atoms with van der Waals surface area (Å²) in [4.78, 5) is 31.0. The van der Waals surface area contributed by atoms with Gasteiger partial charge < -0.3 is 15.2 Å². The van der Waals surface area contributed by atoms with Gasteiger partial charge in [-0.2, -0.15) is 0 Å². The summed E-state index contributed by atoms with van der Waals surface area (Å²) >= 11 is 0. The first-order valence-electron chi connectivity index (χ1n) is 11.6. The minimum atomic E-state index is -0.0122. The molecule has 5 rings (SSSR count). The van der Waals surface area contributed by atoms with E-state index in [9.17, 15) is 9.59 Å². The minimum Gasteiger partial charge on any atom is -0.351 e. The molecule has 166 valence electrons. The van der Waals surface area contributed by atoms with Crippen LogP contribution in [-0.4, -0.2) is 33.8 Å². The smallest absolute Gasteiger partial charge is 0.270 e. The Hall–Kier alpha value is -3.08. The van der Waals surface area contributed by atoms with Crippen LogP contribution in [0, 0.1) is 0 Å². The van der Waals surface area contributed by atoms with Crippen LogP contribution < -0.4 is 5.32 Å². The largest absolute Gasteiger partial charge is 0.351 e. The van der Waals surface area contributed by atoms with E-state index in [0.717, 1.165) is 42.1 Å². The summed E-state index contributed by atoms with van der Waals surface area (Å²) in [5, 5.41) is 4.07. The van der Waals surface area contributed by atoms with Gasteiger partial charge in [0.1, 0.15) is 5.69 Å². The fourth-order valence-corrected chi connectivity index (χ4v) is 4.07. The second-order valence-corrected chi connectivity index (χ2v) is 10.3. The van der Waals surface area contributed by atoms with Crippen LogP contribution in [0.1, 0.15) is 78.4 Å². The average Bonchev–Trinajstić information content (AvgIpc) is 3.69. The van der Waals surface area contributed by atoms with Crippen molar-refractivity contribution in [2.75, 3.05) is 0 Å².